The molecule has 10 nitrogen and oxygen atoms in total. The number of alkyl halides is 3. The van der Waals surface area contributed by atoms with Crippen LogP contribution < -0.4 is 15.4 Å². The van der Waals surface area contributed by atoms with Crippen molar-refractivity contribution in [2.75, 3.05) is 18.5 Å². The van der Waals surface area contributed by atoms with Crippen LogP contribution in [-0.4, -0.2) is 50.1 Å². The van der Waals surface area contributed by atoms with Crippen LogP contribution in [0.25, 0.3) is 0 Å². The van der Waals surface area contributed by atoms with Gasteiger partial charge in [-0.15, -0.1) is 0 Å². The van der Waals surface area contributed by atoms with Crippen LogP contribution in [0, 0.1) is 6.92 Å². The van der Waals surface area contributed by atoms with Crippen molar-refractivity contribution in [3.63, 3.8) is 0 Å². The first-order chi connectivity index (χ1) is 17.3. The van der Waals surface area contributed by atoms with Gasteiger partial charge in [0.05, 0.1) is 41.6 Å². The van der Waals surface area contributed by atoms with E-state index in [0.29, 0.717) is 33.9 Å². The second-order valence-electron chi connectivity index (χ2n) is 8.75. The molecule has 3 rings (SSSR count). The van der Waals surface area contributed by atoms with Crippen molar-refractivity contribution in [3.8, 4) is 5.88 Å². The Morgan fingerprint density at radius 1 is 1.05 bits per heavy atom. The van der Waals surface area contributed by atoms with E-state index in [-0.39, 0.29) is 25.3 Å². The van der Waals surface area contributed by atoms with Gasteiger partial charge in [-0.25, -0.2) is 14.8 Å². The lowest BCUT2D eigenvalue weighted by molar-refractivity contribution is -0.141. The molecule has 0 unspecified atom stereocenters. The van der Waals surface area contributed by atoms with Crippen LogP contribution in [-0.2, 0) is 17.3 Å². The molecule has 0 atom stereocenters. The number of alkyl carbamates (subject to hydrolysis) is 1. The summed E-state index contributed by atoms with van der Waals surface area (Å²) in [6.07, 6.45) is -1.93. The van der Waals surface area contributed by atoms with E-state index < -0.39 is 29.5 Å². The third-order valence-electron chi connectivity index (χ3n) is 4.51. The highest BCUT2D eigenvalue weighted by Crippen LogP contribution is 2.27. The number of pyridine rings is 1. The molecule has 2 amide bonds. The van der Waals surface area contributed by atoms with Gasteiger partial charge in [-0.1, -0.05) is 0 Å². The molecular formula is C23H25F3N6O4S. The van der Waals surface area contributed by atoms with Gasteiger partial charge in [-0.05, 0) is 45.3 Å². The van der Waals surface area contributed by atoms with Crippen molar-refractivity contribution < 1.29 is 32.2 Å². The predicted octanol–water partition coefficient (Wildman–Crippen LogP) is 4.40. The van der Waals surface area contributed by atoms with Gasteiger partial charge >= 0.3 is 12.3 Å². The third-order valence-corrected chi connectivity index (χ3v) is 5.45. The Bertz CT molecular complexity index is 1230. The van der Waals surface area contributed by atoms with E-state index in [4.69, 9.17) is 9.47 Å². The van der Waals surface area contributed by atoms with Gasteiger partial charge in [0.15, 0.2) is 5.69 Å². The number of aromatic nitrogens is 4. The van der Waals surface area contributed by atoms with Crippen LogP contribution >= 0.6 is 11.5 Å². The summed E-state index contributed by atoms with van der Waals surface area (Å²) in [7, 11) is 0. The number of rotatable bonds is 8. The summed E-state index contributed by atoms with van der Waals surface area (Å²) in [5.74, 6) is -0.155. The van der Waals surface area contributed by atoms with Gasteiger partial charge in [-0.2, -0.15) is 17.5 Å². The third kappa shape index (κ3) is 8.37. The number of carbonyl (C=O) groups excluding carboxylic acids is 2. The first-order valence-electron chi connectivity index (χ1n) is 11.0. The molecule has 2 N–H and O–H groups in total. The topological polar surface area (TPSA) is 128 Å². The summed E-state index contributed by atoms with van der Waals surface area (Å²) in [4.78, 5) is 36.4. The highest BCUT2D eigenvalue weighted by atomic mass is 32.1. The second kappa shape index (κ2) is 11.5. The molecular weight excluding hydrogens is 513 g/mol. The van der Waals surface area contributed by atoms with E-state index in [1.807, 2.05) is 0 Å². The minimum Gasteiger partial charge on any atom is -0.476 e. The fourth-order valence-electron chi connectivity index (χ4n) is 2.94. The zero-order valence-corrected chi connectivity index (χ0v) is 21.3. The quantitative estimate of drug-likeness (QED) is 0.404. The fourth-order valence-corrected chi connectivity index (χ4v) is 3.82. The van der Waals surface area contributed by atoms with E-state index in [2.05, 4.69) is 30.0 Å². The Hall–Kier alpha value is -3.81. The number of aryl methyl sites for hydroxylation is 1. The van der Waals surface area contributed by atoms with Gasteiger partial charge in [0, 0.05) is 23.6 Å². The maximum absolute atomic E-state index is 12.9. The van der Waals surface area contributed by atoms with Crippen molar-refractivity contribution >= 4 is 29.2 Å². The Labute approximate surface area is 214 Å². The normalized spacial score (nSPS) is 11.6. The molecule has 0 bridgehead atoms. The number of nitrogens with one attached hydrogen (secondary N) is 2. The number of halogens is 3. The number of hydrogen-bond donors (Lipinski definition) is 2. The van der Waals surface area contributed by atoms with Crippen molar-refractivity contribution in [2.24, 2.45) is 0 Å². The summed E-state index contributed by atoms with van der Waals surface area (Å²) in [6, 6.07) is 3.15. The van der Waals surface area contributed by atoms with Gasteiger partial charge in [0.1, 0.15) is 12.2 Å². The minimum atomic E-state index is -4.58. The molecule has 0 aliphatic rings. The van der Waals surface area contributed by atoms with Gasteiger partial charge in [-0.3, -0.25) is 9.78 Å². The zero-order chi connectivity index (χ0) is 27.2. The number of amides is 2. The molecule has 0 saturated heterocycles. The smallest absolute Gasteiger partial charge is 0.434 e. The van der Waals surface area contributed by atoms with Crippen molar-refractivity contribution in [2.45, 2.75) is 45.9 Å². The van der Waals surface area contributed by atoms with Crippen LogP contribution in [0.2, 0.25) is 0 Å². The molecule has 0 aromatic carbocycles. The molecule has 14 heteroatoms. The molecule has 0 saturated carbocycles. The molecule has 37 heavy (non-hydrogen) atoms. The Kier molecular flexibility index (Phi) is 8.63. The largest absolute Gasteiger partial charge is 0.476 e. The van der Waals surface area contributed by atoms with E-state index in [9.17, 15) is 22.8 Å². The predicted molar refractivity (Wildman–Crippen MR) is 129 cm³/mol. The van der Waals surface area contributed by atoms with Crippen molar-refractivity contribution in [1.82, 2.24) is 24.6 Å². The summed E-state index contributed by atoms with van der Waals surface area (Å²) < 4.78 is 52.9. The molecule has 0 aliphatic carbocycles. The second-order valence-corrected chi connectivity index (χ2v) is 9.61. The average molecular weight is 539 g/mol. The fraction of sp³-hybridized carbons (Fsp3) is 0.391. The van der Waals surface area contributed by atoms with Crippen molar-refractivity contribution in [3.05, 3.63) is 58.2 Å². The highest BCUT2D eigenvalue weighted by Gasteiger charge is 2.32. The molecule has 0 fully saturated rings. The Morgan fingerprint density at radius 3 is 2.41 bits per heavy atom. The summed E-state index contributed by atoms with van der Waals surface area (Å²) in [6.45, 7) is 7.32. The van der Waals surface area contributed by atoms with Gasteiger partial charge < -0.3 is 20.1 Å². The maximum atomic E-state index is 12.9. The van der Waals surface area contributed by atoms with Crippen LogP contribution in [0.1, 0.15) is 53.1 Å². The number of hydrogen-bond acceptors (Lipinski definition) is 9. The first-order valence-corrected chi connectivity index (χ1v) is 11.8. The molecule has 3 heterocycles. The molecule has 3 aromatic rings. The number of carbonyl (C=O) groups is 2. The van der Waals surface area contributed by atoms with Gasteiger partial charge in [0.2, 0.25) is 5.88 Å². The van der Waals surface area contributed by atoms with Crippen LogP contribution in [0.5, 0.6) is 5.88 Å². The van der Waals surface area contributed by atoms with Crippen LogP contribution in [0.4, 0.5) is 23.7 Å². The Morgan fingerprint density at radius 2 is 1.81 bits per heavy atom. The number of nitrogens with zero attached hydrogens (tertiary/aromatic N) is 4. The monoisotopic (exact) mass is 538 g/mol. The van der Waals surface area contributed by atoms with E-state index in [1.54, 1.807) is 39.8 Å². The standard InChI is InChI=1S/C23H25F3N6O4S/c1-13-19(16(37-32-13)9-15-11-29-17(12-28-15)23(24,25)26)20(33)31-14-5-6-18(30-10-14)35-8-7-27-21(34)36-22(2,3)4/h5-6,10-12H,7-9H2,1-4H3,(H,27,34)(H,31,33). The lowest BCUT2D eigenvalue weighted by Gasteiger charge is -2.19. The zero-order valence-electron chi connectivity index (χ0n) is 20.5. The molecule has 198 valence electrons. The van der Waals surface area contributed by atoms with Crippen molar-refractivity contribution in [1.29, 1.82) is 0 Å². The van der Waals surface area contributed by atoms with Gasteiger partial charge in [0.25, 0.3) is 5.91 Å². The summed E-state index contributed by atoms with van der Waals surface area (Å²) in [5.41, 5.74) is -0.233. The van der Waals surface area contributed by atoms with E-state index in [0.717, 1.165) is 17.7 Å². The highest BCUT2D eigenvalue weighted by molar-refractivity contribution is 7.06. The van der Waals surface area contributed by atoms with Crippen LogP contribution in [0.15, 0.2) is 30.7 Å². The molecule has 3 aromatic heterocycles. The van der Waals surface area contributed by atoms with Crippen LogP contribution in [0.3, 0.4) is 0 Å². The molecule has 0 spiro atoms. The maximum Gasteiger partial charge on any atom is 0.434 e. The van der Waals surface area contributed by atoms with E-state index >= 15 is 0 Å². The number of ether oxygens (including phenoxy) is 2. The minimum absolute atomic E-state index is 0.0990. The Balaban J connectivity index is 1.55. The summed E-state index contributed by atoms with van der Waals surface area (Å²) in [5, 5.41) is 5.29. The lowest BCUT2D eigenvalue weighted by atomic mass is 10.1. The number of anilines is 1. The van der Waals surface area contributed by atoms with E-state index in [1.165, 1.54) is 6.20 Å². The average Bonchev–Trinajstić information content (AvgIpc) is 3.16. The first kappa shape index (κ1) is 27.8. The molecule has 0 aliphatic heterocycles. The molecule has 0 radical (unpaired) electrons. The lowest BCUT2D eigenvalue weighted by Crippen LogP contribution is -2.34. The summed E-state index contributed by atoms with van der Waals surface area (Å²) >= 11 is 1.06. The SMILES string of the molecule is Cc1nsc(Cc2cnc(C(F)(F)F)cn2)c1C(=O)Nc1ccc(OCCNC(=O)OC(C)(C)C)nc1.